The molecule has 1 aliphatic heterocycles. The van der Waals surface area contributed by atoms with Crippen LogP contribution in [-0.2, 0) is 14.8 Å². The lowest BCUT2D eigenvalue weighted by molar-refractivity contribution is -0.478. The molecule has 0 spiro atoms. The van der Waals surface area contributed by atoms with Gasteiger partial charge < -0.3 is 0 Å². The van der Waals surface area contributed by atoms with Gasteiger partial charge in [-0.1, -0.05) is 17.2 Å². The number of fused-ring (bicyclic) bond motifs is 5. The first-order valence-corrected chi connectivity index (χ1v) is 4.00. The van der Waals surface area contributed by atoms with Gasteiger partial charge in [0.05, 0.1) is 0 Å². The van der Waals surface area contributed by atoms with E-state index in [2.05, 4.69) is 24.1 Å². The van der Waals surface area contributed by atoms with Crippen LogP contribution in [0, 0.1) is 11.8 Å². The van der Waals surface area contributed by atoms with Crippen LogP contribution in [0.5, 0.6) is 0 Å². The molecule has 2 fully saturated rings. The summed E-state index contributed by atoms with van der Waals surface area (Å²) >= 11 is 0. The topological polar surface area (TPSA) is 27.7 Å². The fourth-order valence-corrected chi connectivity index (χ4v) is 2.42. The van der Waals surface area contributed by atoms with Crippen molar-refractivity contribution in [3.05, 3.63) is 12.2 Å². The Hall–Kier alpha value is -0.380. The van der Waals surface area contributed by atoms with E-state index in [0.717, 1.165) is 6.42 Å². The van der Waals surface area contributed by atoms with E-state index in [4.69, 9.17) is 9.78 Å². The van der Waals surface area contributed by atoms with Crippen molar-refractivity contribution < 1.29 is 14.8 Å². The molecule has 4 atom stereocenters. The van der Waals surface area contributed by atoms with Gasteiger partial charge in [-0.05, 0) is 13.3 Å². The summed E-state index contributed by atoms with van der Waals surface area (Å²) < 4.78 is 0. The second kappa shape index (κ2) is 1.68. The number of hydrogen-bond acceptors (Lipinski definition) is 3. The van der Waals surface area contributed by atoms with Crippen LogP contribution in [0.1, 0.15) is 13.3 Å². The molecule has 3 heteroatoms. The van der Waals surface area contributed by atoms with Gasteiger partial charge in [-0.25, -0.2) is 0 Å². The Labute approximate surface area is 64.8 Å². The SMILES string of the molecule is CC12OOOC1C1C=CC2C1. The van der Waals surface area contributed by atoms with Crippen molar-refractivity contribution in [3.8, 4) is 0 Å². The van der Waals surface area contributed by atoms with Gasteiger partial charge in [-0.15, -0.1) is 0 Å². The second-order valence-electron chi connectivity index (χ2n) is 3.74. The monoisotopic (exact) mass is 154 g/mol. The number of hydrogen-bond donors (Lipinski definition) is 0. The maximum absolute atomic E-state index is 5.12. The molecule has 1 saturated heterocycles. The fourth-order valence-electron chi connectivity index (χ4n) is 2.42. The van der Waals surface area contributed by atoms with Gasteiger partial charge >= 0.3 is 0 Å². The molecule has 2 bridgehead atoms. The lowest BCUT2D eigenvalue weighted by Crippen LogP contribution is -2.39. The molecule has 4 unspecified atom stereocenters. The van der Waals surface area contributed by atoms with E-state index in [0.29, 0.717) is 11.8 Å². The van der Waals surface area contributed by atoms with Crippen LogP contribution in [0.2, 0.25) is 0 Å². The molecule has 0 aromatic heterocycles. The number of rotatable bonds is 0. The van der Waals surface area contributed by atoms with Crippen molar-refractivity contribution in [1.29, 1.82) is 0 Å². The predicted molar refractivity (Wildman–Crippen MR) is 36.2 cm³/mol. The quantitative estimate of drug-likeness (QED) is 0.387. The Kier molecular flexibility index (Phi) is 0.943. The van der Waals surface area contributed by atoms with Crippen LogP contribution in [0.4, 0.5) is 0 Å². The molecule has 1 heterocycles. The minimum absolute atomic E-state index is 0.123. The van der Waals surface area contributed by atoms with Crippen molar-refractivity contribution >= 4 is 0 Å². The van der Waals surface area contributed by atoms with Crippen LogP contribution in [0.15, 0.2) is 12.2 Å². The van der Waals surface area contributed by atoms with Crippen molar-refractivity contribution in [1.82, 2.24) is 0 Å². The highest BCUT2D eigenvalue weighted by Gasteiger charge is 2.60. The van der Waals surface area contributed by atoms with Crippen molar-refractivity contribution in [2.45, 2.75) is 25.0 Å². The smallest absolute Gasteiger partial charge is 0.140 e. The molecule has 2 aliphatic carbocycles. The summed E-state index contributed by atoms with van der Waals surface area (Å²) in [6, 6.07) is 0. The second-order valence-corrected chi connectivity index (χ2v) is 3.74. The minimum atomic E-state index is -0.209. The summed E-state index contributed by atoms with van der Waals surface area (Å²) in [6.07, 6.45) is 5.69. The van der Waals surface area contributed by atoms with Crippen LogP contribution in [-0.4, -0.2) is 11.7 Å². The van der Waals surface area contributed by atoms with Crippen molar-refractivity contribution in [2.75, 3.05) is 0 Å². The van der Waals surface area contributed by atoms with E-state index in [1.807, 2.05) is 0 Å². The highest BCUT2D eigenvalue weighted by atomic mass is 17.5. The zero-order valence-corrected chi connectivity index (χ0v) is 6.32. The molecule has 3 nitrogen and oxygen atoms in total. The maximum Gasteiger partial charge on any atom is 0.140 e. The van der Waals surface area contributed by atoms with E-state index < -0.39 is 0 Å². The Balaban J connectivity index is 2.06. The van der Waals surface area contributed by atoms with Gasteiger partial charge in [0, 0.05) is 11.8 Å². The van der Waals surface area contributed by atoms with Crippen LogP contribution >= 0.6 is 0 Å². The van der Waals surface area contributed by atoms with E-state index >= 15 is 0 Å². The Morgan fingerprint density at radius 2 is 2.36 bits per heavy atom. The van der Waals surface area contributed by atoms with E-state index in [1.165, 1.54) is 0 Å². The third-order valence-corrected chi connectivity index (χ3v) is 3.16. The molecule has 0 N–H and O–H groups in total. The summed E-state index contributed by atoms with van der Waals surface area (Å²) in [6.45, 7) is 2.05. The first-order valence-electron chi connectivity index (χ1n) is 4.00. The van der Waals surface area contributed by atoms with Crippen LogP contribution in [0.3, 0.4) is 0 Å². The van der Waals surface area contributed by atoms with Crippen LogP contribution < -0.4 is 0 Å². The molecule has 0 aromatic carbocycles. The summed E-state index contributed by atoms with van der Waals surface area (Å²) in [7, 11) is 0. The summed E-state index contributed by atoms with van der Waals surface area (Å²) in [4.78, 5) is 10.2. The minimum Gasteiger partial charge on any atom is -0.199 e. The molecule has 60 valence electrons. The average molecular weight is 154 g/mol. The largest absolute Gasteiger partial charge is 0.199 e. The van der Waals surface area contributed by atoms with Gasteiger partial charge in [0.1, 0.15) is 11.7 Å². The molecule has 3 rings (SSSR count). The lowest BCUT2D eigenvalue weighted by Gasteiger charge is -2.25. The average Bonchev–Trinajstić information content (AvgIpc) is 2.54. The third-order valence-electron chi connectivity index (χ3n) is 3.16. The zero-order chi connectivity index (χ0) is 7.47. The van der Waals surface area contributed by atoms with Gasteiger partial charge in [-0.3, -0.25) is 0 Å². The third kappa shape index (κ3) is 0.559. The molecular weight excluding hydrogens is 144 g/mol. The molecule has 0 aromatic rings. The summed E-state index contributed by atoms with van der Waals surface area (Å²) in [5, 5.41) is 4.56. The van der Waals surface area contributed by atoms with Crippen LogP contribution in [0.25, 0.3) is 0 Å². The van der Waals surface area contributed by atoms with Gasteiger partial charge in [0.25, 0.3) is 0 Å². The molecule has 11 heavy (non-hydrogen) atoms. The zero-order valence-electron chi connectivity index (χ0n) is 6.32. The van der Waals surface area contributed by atoms with Gasteiger partial charge in [0.2, 0.25) is 0 Å². The van der Waals surface area contributed by atoms with Gasteiger partial charge in [-0.2, -0.15) is 9.78 Å². The highest BCUT2D eigenvalue weighted by molar-refractivity contribution is 5.21. The van der Waals surface area contributed by atoms with Crippen molar-refractivity contribution in [2.24, 2.45) is 11.8 Å². The Morgan fingerprint density at radius 1 is 1.45 bits per heavy atom. The predicted octanol–water partition coefficient (Wildman–Crippen LogP) is 1.21. The molecular formula is C8H10O3. The molecule has 1 saturated carbocycles. The standard InChI is InChI=1S/C8H10O3/c1-8-6-3-2-5(4-6)7(8)9-11-10-8/h2-3,5-7H,4H2,1H3. The normalized spacial score (nSPS) is 58.8. The van der Waals surface area contributed by atoms with E-state index in [1.54, 1.807) is 0 Å². The van der Waals surface area contributed by atoms with Gasteiger partial charge in [0.15, 0.2) is 0 Å². The van der Waals surface area contributed by atoms with Crippen molar-refractivity contribution in [3.63, 3.8) is 0 Å². The molecule has 3 aliphatic rings. The lowest BCUT2D eigenvalue weighted by atomic mass is 9.88. The fraction of sp³-hybridized carbons (Fsp3) is 0.750. The maximum atomic E-state index is 5.12. The Morgan fingerprint density at radius 3 is 3.18 bits per heavy atom. The summed E-state index contributed by atoms with van der Waals surface area (Å²) in [5.74, 6) is 0.993. The molecule has 0 amide bonds. The van der Waals surface area contributed by atoms with E-state index in [9.17, 15) is 0 Å². The van der Waals surface area contributed by atoms with E-state index in [-0.39, 0.29) is 11.7 Å². The summed E-state index contributed by atoms with van der Waals surface area (Å²) in [5.41, 5.74) is -0.209. The highest BCUT2D eigenvalue weighted by Crippen LogP contribution is 2.52. The Bertz CT molecular complexity index is 225. The first kappa shape index (κ1) is 6.17. The molecule has 0 radical (unpaired) electrons. The first-order chi connectivity index (χ1) is 5.31.